The van der Waals surface area contributed by atoms with E-state index in [1.165, 1.54) is 0 Å². The van der Waals surface area contributed by atoms with Gasteiger partial charge in [0.15, 0.2) is 17.3 Å². The molecule has 15 nitrogen and oxygen atoms in total. The minimum atomic E-state index is -0.759. The molecule has 15 heteroatoms. The van der Waals surface area contributed by atoms with Gasteiger partial charge in [-0.1, -0.05) is 149 Å². The fraction of sp³-hybridized carbons (Fsp3) is 0.492. The van der Waals surface area contributed by atoms with Gasteiger partial charge in [-0.2, -0.15) is 0 Å². The molecule has 6 atom stereocenters. The van der Waals surface area contributed by atoms with Gasteiger partial charge in [-0.25, -0.2) is 14.4 Å². The van der Waals surface area contributed by atoms with E-state index in [1.54, 1.807) is 62.3 Å². The number of ketones is 3. The first kappa shape index (κ1) is 68.8. The highest BCUT2D eigenvalue weighted by Crippen LogP contribution is 2.19. The molecule has 436 valence electrons. The van der Waals surface area contributed by atoms with Crippen LogP contribution in [0.3, 0.4) is 0 Å². The van der Waals surface area contributed by atoms with E-state index in [0.29, 0.717) is 32.1 Å². The molecule has 0 aliphatic heterocycles. The summed E-state index contributed by atoms with van der Waals surface area (Å²) in [5.41, 5.74) is 2.01. The zero-order valence-corrected chi connectivity index (χ0v) is 49.5. The third-order valence-electron chi connectivity index (χ3n) is 11.8. The fourth-order valence-electron chi connectivity index (χ4n) is 8.23. The van der Waals surface area contributed by atoms with Crippen molar-refractivity contribution in [1.29, 1.82) is 0 Å². The molecule has 3 amide bonds. The summed E-state index contributed by atoms with van der Waals surface area (Å²) < 4.78 is 15.8. The molecule has 3 N–H and O–H groups in total. The van der Waals surface area contributed by atoms with E-state index in [0.717, 1.165) is 41.1 Å². The van der Waals surface area contributed by atoms with Gasteiger partial charge in [0.05, 0.1) is 18.1 Å². The van der Waals surface area contributed by atoms with Gasteiger partial charge in [0.25, 0.3) is 0 Å². The van der Waals surface area contributed by atoms with Crippen molar-refractivity contribution in [3.05, 3.63) is 144 Å². The van der Waals surface area contributed by atoms with Crippen molar-refractivity contribution in [3.8, 4) is 0 Å². The normalized spacial score (nSPS) is 13.6. The minimum Gasteiger partial charge on any atom is -0.444 e. The summed E-state index contributed by atoms with van der Waals surface area (Å²) in [7, 11) is 0. The van der Waals surface area contributed by atoms with Gasteiger partial charge in [0, 0.05) is 37.0 Å². The van der Waals surface area contributed by atoms with E-state index in [1.807, 2.05) is 149 Å². The maximum atomic E-state index is 13.0. The van der Waals surface area contributed by atoms with Crippen LogP contribution in [-0.2, 0) is 68.7 Å². The second-order valence-corrected chi connectivity index (χ2v) is 23.9. The first-order chi connectivity index (χ1) is 37.5. The summed E-state index contributed by atoms with van der Waals surface area (Å²) in [4.78, 5) is 109. The Balaban J connectivity index is 0.000000412. The average molecular weight is 1100 g/mol. The second-order valence-electron chi connectivity index (χ2n) is 23.9. The quantitative estimate of drug-likeness (QED) is 0.0395. The highest BCUT2D eigenvalue weighted by molar-refractivity contribution is 5.91. The Hall–Kier alpha value is -7.29. The van der Waals surface area contributed by atoms with E-state index in [4.69, 9.17) is 14.2 Å². The van der Waals surface area contributed by atoms with Crippen molar-refractivity contribution in [3.63, 3.8) is 0 Å². The Bertz CT molecular complexity index is 2520. The standard InChI is InChI=1S/C24H29NO4.C21H31NO4.C20H29NO4/c1-24(2,3)29-23(28)25-21(15-19-12-8-5-9-13-19)22(27)16-20(17-26)14-18-10-6-4-7-11-18;1-15(2)11-18(22-20(25)26-21(3,4)5)19(24)13-17(14-23)12-16-9-7-6-8-10-16;1-14(2)18(21-19(24)25-20(3,4)5)17(23)12-16(13-22)11-15-9-7-6-8-10-15/h4-13,17,20-21H,14-16H2,1-3H3,(H,25,28);6-10,14-15,17-18H,11-13H2,1-5H3,(H,22,25);6-10,13-14,16,18H,11-12H2,1-5H3,(H,21,24)/t20-,21+;17-,18+;16-,18+/m111/s1. The largest absolute Gasteiger partial charge is 0.444 e. The number of nitrogens with one attached hydrogen (secondary N) is 3. The number of rotatable bonds is 26. The molecule has 0 saturated heterocycles. The molecule has 0 spiro atoms. The number of aldehydes is 3. The number of hydrogen-bond donors (Lipinski definition) is 3. The Morgan fingerprint density at radius 1 is 0.400 bits per heavy atom. The molecule has 4 aromatic rings. The van der Waals surface area contributed by atoms with Gasteiger partial charge in [0.1, 0.15) is 35.7 Å². The predicted molar refractivity (Wildman–Crippen MR) is 312 cm³/mol. The number of Topliss-reactive ketones (excluding diaryl/α,β-unsaturated/α-hetero) is 3. The van der Waals surface area contributed by atoms with Crippen molar-refractivity contribution < 1.29 is 57.4 Å². The molecule has 0 aliphatic carbocycles. The molecule has 4 aromatic carbocycles. The lowest BCUT2D eigenvalue weighted by atomic mass is 9.90. The Labute approximate surface area is 475 Å². The topological polar surface area (TPSA) is 217 Å². The summed E-state index contributed by atoms with van der Waals surface area (Å²) in [6, 6.07) is 36.1. The number of hydrogen-bond acceptors (Lipinski definition) is 12. The maximum Gasteiger partial charge on any atom is 0.408 e. The van der Waals surface area contributed by atoms with Gasteiger partial charge in [-0.15, -0.1) is 0 Å². The van der Waals surface area contributed by atoms with Crippen molar-refractivity contribution in [2.45, 2.75) is 176 Å². The van der Waals surface area contributed by atoms with Crippen LogP contribution in [0.25, 0.3) is 0 Å². The third-order valence-corrected chi connectivity index (χ3v) is 11.8. The molecule has 0 saturated carbocycles. The second kappa shape index (κ2) is 34.7. The fourth-order valence-corrected chi connectivity index (χ4v) is 8.23. The van der Waals surface area contributed by atoms with Gasteiger partial charge < -0.3 is 44.5 Å². The van der Waals surface area contributed by atoms with Crippen LogP contribution in [0, 0.1) is 29.6 Å². The van der Waals surface area contributed by atoms with Crippen molar-refractivity contribution in [2.24, 2.45) is 29.6 Å². The molecule has 0 bridgehead atoms. The molecule has 0 aromatic heterocycles. The molecule has 0 unspecified atom stereocenters. The zero-order valence-electron chi connectivity index (χ0n) is 49.5. The van der Waals surface area contributed by atoms with Gasteiger partial charge in [-0.3, -0.25) is 14.4 Å². The van der Waals surface area contributed by atoms with Crippen molar-refractivity contribution in [2.75, 3.05) is 0 Å². The van der Waals surface area contributed by atoms with E-state index in [2.05, 4.69) is 16.0 Å². The predicted octanol–water partition coefficient (Wildman–Crippen LogP) is 11.6. The summed E-state index contributed by atoms with van der Waals surface area (Å²) in [5.74, 6) is -1.61. The van der Waals surface area contributed by atoms with E-state index in [9.17, 15) is 43.2 Å². The number of carbonyl (C=O) groups is 9. The third kappa shape index (κ3) is 30.7. The van der Waals surface area contributed by atoms with Crippen LogP contribution in [0.5, 0.6) is 0 Å². The monoisotopic (exact) mass is 1100 g/mol. The van der Waals surface area contributed by atoms with E-state index < -0.39 is 71.0 Å². The summed E-state index contributed by atoms with van der Waals surface area (Å²) in [6.07, 6.45) is 3.20. The maximum absolute atomic E-state index is 13.0. The van der Waals surface area contributed by atoms with Crippen LogP contribution in [0.15, 0.2) is 121 Å². The smallest absolute Gasteiger partial charge is 0.408 e. The Morgan fingerprint density at radius 2 is 0.675 bits per heavy atom. The van der Waals surface area contributed by atoms with Crippen LogP contribution < -0.4 is 16.0 Å². The van der Waals surface area contributed by atoms with Crippen molar-refractivity contribution in [1.82, 2.24) is 16.0 Å². The number of benzene rings is 4. The Morgan fingerprint density at radius 3 is 0.963 bits per heavy atom. The summed E-state index contributed by atoms with van der Waals surface area (Å²) in [6.45, 7) is 23.6. The molecular weight excluding hydrogens is 1010 g/mol. The zero-order chi connectivity index (χ0) is 60.1. The summed E-state index contributed by atoms with van der Waals surface area (Å²) >= 11 is 0. The molecule has 0 radical (unpaired) electrons. The van der Waals surface area contributed by atoms with E-state index >= 15 is 0 Å². The SMILES string of the molecule is CC(C)(C)OC(=O)N[C@@H](Cc1ccccc1)C(=O)C[C@H](C=O)Cc1ccccc1.CC(C)C[C@H](NC(=O)OC(C)(C)C)C(=O)C[C@H](C=O)Cc1ccccc1.CC(C)[C@H](NC(=O)OC(C)(C)C)C(=O)C[C@H](C=O)Cc1ccccc1. The lowest BCUT2D eigenvalue weighted by Crippen LogP contribution is -2.47. The van der Waals surface area contributed by atoms with Crippen LogP contribution in [0.4, 0.5) is 14.4 Å². The molecule has 0 heterocycles. The number of ether oxygens (including phenoxy) is 3. The number of carbonyl (C=O) groups excluding carboxylic acids is 9. The number of alkyl carbamates (subject to hydrolysis) is 3. The van der Waals surface area contributed by atoms with Gasteiger partial charge in [-0.05, 0) is 129 Å². The van der Waals surface area contributed by atoms with E-state index in [-0.39, 0.29) is 48.4 Å². The summed E-state index contributed by atoms with van der Waals surface area (Å²) in [5, 5.41) is 8.00. The lowest BCUT2D eigenvalue weighted by Gasteiger charge is -2.25. The average Bonchev–Trinajstić information content (AvgIpc) is 3.36. The minimum absolute atomic E-state index is 0.0612. The first-order valence-corrected chi connectivity index (χ1v) is 27.6. The van der Waals surface area contributed by atoms with Gasteiger partial charge in [0.2, 0.25) is 0 Å². The molecule has 4 rings (SSSR count). The van der Waals surface area contributed by atoms with Crippen LogP contribution >= 0.6 is 0 Å². The van der Waals surface area contributed by atoms with Crippen LogP contribution in [0.1, 0.15) is 138 Å². The molecular formula is C65H89N3O12. The Kier molecular flexibility index (Phi) is 29.8. The number of amides is 3. The molecule has 0 fully saturated rings. The highest BCUT2D eigenvalue weighted by Gasteiger charge is 2.31. The first-order valence-electron chi connectivity index (χ1n) is 27.6. The lowest BCUT2D eigenvalue weighted by molar-refractivity contribution is -0.125. The van der Waals surface area contributed by atoms with Crippen LogP contribution in [0.2, 0.25) is 0 Å². The van der Waals surface area contributed by atoms with Crippen molar-refractivity contribution >= 4 is 54.5 Å². The molecule has 0 aliphatic rings. The molecule has 80 heavy (non-hydrogen) atoms. The van der Waals surface area contributed by atoms with Gasteiger partial charge >= 0.3 is 18.3 Å². The highest BCUT2D eigenvalue weighted by atomic mass is 16.6. The van der Waals surface area contributed by atoms with Crippen LogP contribution in [-0.4, -0.2) is 89.4 Å².